The van der Waals surface area contributed by atoms with Crippen molar-refractivity contribution in [3.8, 4) is 11.8 Å². The Labute approximate surface area is 108 Å². The Hall–Kier alpha value is -1.70. The highest BCUT2D eigenvalue weighted by Gasteiger charge is 2.21. The van der Waals surface area contributed by atoms with Crippen LogP contribution in [0.4, 0.5) is 10.5 Å². The Kier molecular flexibility index (Phi) is 4.83. The van der Waals surface area contributed by atoms with Gasteiger partial charge < -0.3 is 5.11 Å². The maximum atomic E-state index is 11.5. The van der Waals surface area contributed by atoms with Crippen molar-refractivity contribution in [2.75, 3.05) is 10.8 Å². The summed E-state index contributed by atoms with van der Waals surface area (Å²) in [6, 6.07) is 5.91. The van der Waals surface area contributed by atoms with E-state index in [0.717, 1.165) is 0 Å². The first-order chi connectivity index (χ1) is 8.06. The molecule has 0 radical (unpaired) electrons. The smallest absolute Gasteiger partial charge is 0.419 e. The highest BCUT2D eigenvalue weighted by atomic mass is 35.5. The summed E-state index contributed by atoms with van der Waals surface area (Å²) in [5.74, 6) is 3.49. The zero-order valence-electron chi connectivity index (χ0n) is 8.48. The quantitative estimate of drug-likeness (QED) is 0.631. The number of alkyl halides is 1. The number of imide groups is 1. The van der Waals surface area contributed by atoms with E-state index in [4.69, 9.17) is 28.3 Å². The van der Waals surface area contributed by atoms with Crippen LogP contribution in [0.5, 0.6) is 0 Å². The number of hydrogen-bond acceptors (Lipinski definition) is 2. The van der Waals surface area contributed by atoms with Gasteiger partial charge >= 0.3 is 12.0 Å². The molecule has 0 aromatic heterocycles. The molecule has 4 nitrogen and oxygen atoms in total. The van der Waals surface area contributed by atoms with Gasteiger partial charge in [-0.2, -0.15) is 0 Å². The third kappa shape index (κ3) is 3.66. The summed E-state index contributed by atoms with van der Waals surface area (Å²) in [6.45, 7) is 0. The van der Waals surface area contributed by atoms with Gasteiger partial charge in [0.05, 0.1) is 11.6 Å². The standard InChI is InChI=1S/C11H7Cl2NO3/c12-6-2-5-10(15)14(11(16)17)9-4-1-3-8(13)7-9/h1,3-4,7H,6H2,(H,16,17). The predicted molar refractivity (Wildman–Crippen MR) is 65.5 cm³/mol. The van der Waals surface area contributed by atoms with Gasteiger partial charge in [-0.15, -0.1) is 11.6 Å². The normalized spacial score (nSPS) is 9.06. The summed E-state index contributed by atoms with van der Waals surface area (Å²) in [5.41, 5.74) is 0.138. The minimum atomic E-state index is -1.43. The molecular weight excluding hydrogens is 265 g/mol. The fourth-order valence-corrected chi connectivity index (χ4v) is 1.35. The summed E-state index contributed by atoms with van der Waals surface area (Å²) in [6.07, 6.45) is -1.43. The molecule has 0 fully saturated rings. The molecule has 0 saturated heterocycles. The lowest BCUT2D eigenvalue weighted by atomic mass is 10.3. The van der Waals surface area contributed by atoms with Crippen molar-refractivity contribution in [3.63, 3.8) is 0 Å². The van der Waals surface area contributed by atoms with Crippen molar-refractivity contribution in [1.29, 1.82) is 0 Å². The molecule has 1 rings (SSSR count). The molecule has 0 aliphatic rings. The summed E-state index contributed by atoms with van der Waals surface area (Å²) in [5, 5.41) is 9.27. The van der Waals surface area contributed by atoms with Crippen LogP contribution in [0.3, 0.4) is 0 Å². The summed E-state index contributed by atoms with van der Waals surface area (Å²) < 4.78 is 0. The van der Waals surface area contributed by atoms with E-state index in [-0.39, 0.29) is 11.6 Å². The van der Waals surface area contributed by atoms with Crippen LogP contribution in [0.15, 0.2) is 24.3 Å². The summed E-state index contributed by atoms with van der Waals surface area (Å²) in [7, 11) is 0. The molecule has 1 aromatic carbocycles. The van der Waals surface area contributed by atoms with Crippen molar-refractivity contribution in [2.45, 2.75) is 0 Å². The van der Waals surface area contributed by atoms with E-state index in [1.54, 1.807) is 6.07 Å². The van der Waals surface area contributed by atoms with E-state index in [0.29, 0.717) is 9.92 Å². The molecule has 0 spiro atoms. The van der Waals surface area contributed by atoms with Crippen molar-refractivity contribution in [3.05, 3.63) is 29.3 Å². The molecule has 6 heteroatoms. The molecule has 0 aliphatic heterocycles. The molecule has 2 amide bonds. The Bertz CT molecular complexity index is 505. The zero-order valence-corrected chi connectivity index (χ0v) is 10.00. The van der Waals surface area contributed by atoms with Gasteiger partial charge in [-0.25, -0.2) is 9.69 Å². The first kappa shape index (κ1) is 13.4. The van der Waals surface area contributed by atoms with Crippen LogP contribution in [0.25, 0.3) is 0 Å². The first-order valence-electron chi connectivity index (χ1n) is 4.43. The van der Waals surface area contributed by atoms with Crippen molar-refractivity contribution < 1.29 is 14.7 Å². The second-order valence-corrected chi connectivity index (χ2v) is 3.54. The van der Waals surface area contributed by atoms with Gasteiger partial charge in [-0.05, 0) is 24.1 Å². The Balaban J connectivity index is 3.10. The number of hydrogen-bond donors (Lipinski definition) is 1. The molecule has 1 aromatic rings. The van der Waals surface area contributed by atoms with Crippen LogP contribution < -0.4 is 4.90 Å². The molecular formula is C11H7Cl2NO3. The topological polar surface area (TPSA) is 57.6 Å². The van der Waals surface area contributed by atoms with Crippen LogP contribution in [0.1, 0.15) is 0 Å². The van der Waals surface area contributed by atoms with Crippen LogP contribution in [0, 0.1) is 11.8 Å². The maximum Gasteiger partial charge on any atom is 0.419 e. The van der Waals surface area contributed by atoms with Crippen LogP contribution in [0.2, 0.25) is 5.02 Å². The fourth-order valence-electron chi connectivity index (χ4n) is 1.09. The number of benzene rings is 1. The van der Waals surface area contributed by atoms with Gasteiger partial charge in [0.15, 0.2) is 0 Å². The number of carboxylic acid groups (broad SMARTS) is 1. The van der Waals surface area contributed by atoms with Crippen LogP contribution in [-0.2, 0) is 4.79 Å². The SMILES string of the molecule is O=C(O)N(C(=O)C#CCCl)c1cccc(Cl)c1. The molecule has 17 heavy (non-hydrogen) atoms. The van der Waals surface area contributed by atoms with Gasteiger partial charge in [0, 0.05) is 5.02 Å². The molecule has 0 saturated carbocycles. The molecule has 0 bridgehead atoms. The van der Waals surface area contributed by atoms with Gasteiger partial charge in [0.2, 0.25) is 0 Å². The molecule has 0 heterocycles. The monoisotopic (exact) mass is 271 g/mol. The van der Waals surface area contributed by atoms with Crippen LogP contribution in [-0.4, -0.2) is 23.0 Å². The predicted octanol–water partition coefficient (Wildman–Crippen LogP) is 2.59. The summed E-state index contributed by atoms with van der Waals surface area (Å²) >= 11 is 11.0. The second kappa shape index (κ2) is 6.14. The summed E-state index contributed by atoms with van der Waals surface area (Å²) in [4.78, 5) is 23.0. The zero-order chi connectivity index (χ0) is 12.8. The first-order valence-corrected chi connectivity index (χ1v) is 5.35. The number of halogens is 2. The van der Waals surface area contributed by atoms with Crippen LogP contribution >= 0.6 is 23.2 Å². The molecule has 0 atom stereocenters. The van der Waals surface area contributed by atoms with Gasteiger partial charge in [-0.3, -0.25) is 4.79 Å². The molecule has 0 aliphatic carbocycles. The van der Waals surface area contributed by atoms with Crippen molar-refractivity contribution >= 4 is 40.9 Å². The van der Waals surface area contributed by atoms with E-state index < -0.39 is 12.0 Å². The van der Waals surface area contributed by atoms with E-state index in [1.165, 1.54) is 18.2 Å². The fraction of sp³-hybridized carbons (Fsp3) is 0.0909. The number of nitrogens with zero attached hydrogens (tertiary/aromatic N) is 1. The van der Waals surface area contributed by atoms with Crippen molar-refractivity contribution in [2.24, 2.45) is 0 Å². The van der Waals surface area contributed by atoms with Gasteiger partial charge in [0.1, 0.15) is 0 Å². The third-order valence-corrected chi connectivity index (χ3v) is 2.09. The van der Waals surface area contributed by atoms with E-state index in [1.807, 2.05) is 0 Å². The number of amides is 2. The number of anilines is 1. The third-order valence-electron chi connectivity index (χ3n) is 1.72. The maximum absolute atomic E-state index is 11.5. The van der Waals surface area contributed by atoms with Crippen molar-refractivity contribution in [1.82, 2.24) is 0 Å². The lowest BCUT2D eigenvalue weighted by Gasteiger charge is -2.14. The molecule has 0 unspecified atom stereocenters. The van der Waals surface area contributed by atoms with Gasteiger partial charge in [-0.1, -0.05) is 23.6 Å². The molecule has 88 valence electrons. The number of rotatable bonds is 1. The highest BCUT2D eigenvalue weighted by molar-refractivity contribution is 6.31. The number of carbonyl (C=O) groups excluding carboxylic acids is 1. The van der Waals surface area contributed by atoms with E-state index in [2.05, 4.69) is 11.8 Å². The average molecular weight is 272 g/mol. The molecule has 1 N–H and O–H groups in total. The lowest BCUT2D eigenvalue weighted by Crippen LogP contribution is -2.34. The number of carbonyl (C=O) groups is 2. The minimum Gasteiger partial charge on any atom is -0.464 e. The largest absolute Gasteiger partial charge is 0.464 e. The van der Waals surface area contributed by atoms with E-state index in [9.17, 15) is 9.59 Å². The Morgan fingerprint density at radius 1 is 1.41 bits per heavy atom. The van der Waals surface area contributed by atoms with Gasteiger partial charge in [0.25, 0.3) is 0 Å². The second-order valence-electron chi connectivity index (χ2n) is 2.84. The highest BCUT2D eigenvalue weighted by Crippen LogP contribution is 2.19. The van der Waals surface area contributed by atoms with E-state index >= 15 is 0 Å². The average Bonchev–Trinajstić information content (AvgIpc) is 2.26. The lowest BCUT2D eigenvalue weighted by molar-refractivity contribution is -0.112. The Morgan fingerprint density at radius 3 is 2.65 bits per heavy atom. The Morgan fingerprint density at radius 2 is 2.12 bits per heavy atom. The minimum absolute atomic E-state index is 0.0469.